The van der Waals surface area contributed by atoms with Crippen LogP contribution in [0.3, 0.4) is 0 Å². The van der Waals surface area contributed by atoms with Crippen LogP contribution >= 0.6 is 0 Å². The van der Waals surface area contributed by atoms with Gasteiger partial charge in [-0.2, -0.15) is 0 Å². The summed E-state index contributed by atoms with van der Waals surface area (Å²) in [7, 11) is 0. The molecule has 0 aromatic rings. The lowest BCUT2D eigenvalue weighted by Crippen LogP contribution is -2.54. The molecule has 0 radical (unpaired) electrons. The Labute approximate surface area is 196 Å². The van der Waals surface area contributed by atoms with Crippen LogP contribution < -0.4 is 0 Å². The maximum Gasteiger partial charge on any atom is 0.302 e. The Balaban J connectivity index is 1.75. The van der Waals surface area contributed by atoms with E-state index < -0.39 is 0 Å². The molecule has 0 heterocycles. The Kier molecular flexibility index (Phi) is 8.40. The van der Waals surface area contributed by atoms with Crippen LogP contribution in [0, 0.1) is 46.3 Å². The van der Waals surface area contributed by atoms with Crippen molar-refractivity contribution < 1.29 is 19.7 Å². The third-order valence-electron chi connectivity index (χ3n) is 10.3. The van der Waals surface area contributed by atoms with Gasteiger partial charge in [-0.25, -0.2) is 0 Å². The molecule has 9 atom stereocenters. The zero-order chi connectivity index (χ0) is 23.7. The molecule has 3 saturated carbocycles. The Morgan fingerprint density at radius 3 is 2.41 bits per heavy atom. The van der Waals surface area contributed by atoms with Crippen LogP contribution in [0.2, 0.25) is 0 Å². The van der Waals surface area contributed by atoms with Gasteiger partial charge in [0.1, 0.15) is 6.10 Å². The van der Waals surface area contributed by atoms with Gasteiger partial charge in [0.05, 0.1) is 6.10 Å². The first-order valence-electron chi connectivity index (χ1n) is 13.5. The van der Waals surface area contributed by atoms with Gasteiger partial charge in [-0.3, -0.25) is 4.79 Å². The Morgan fingerprint density at radius 2 is 1.78 bits per heavy atom. The summed E-state index contributed by atoms with van der Waals surface area (Å²) < 4.78 is 5.54. The van der Waals surface area contributed by atoms with Crippen LogP contribution in [0.1, 0.15) is 106 Å². The maximum atomic E-state index is 11.8. The number of carbonyl (C=O) groups is 1. The molecular formula is C28H50O4. The fourth-order valence-electron chi connectivity index (χ4n) is 8.36. The number of hydrogen-bond donors (Lipinski definition) is 2. The van der Waals surface area contributed by atoms with Gasteiger partial charge in [-0.05, 0) is 97.7 Å². The lowest BCUT2D eigenvalue weighted by Gasteiger charge is -2.56. The average Bonchev–Trinajstić information content (AvgIpc) is 3.04. The van der Waals surface area contributed by atoms with E-state index in [1.54, 1.807) is 0 Å². The van der Waals surface area contributed by atoms with E-state index in [1.807, 2.05) is 0 Å². The van der Waals surface area contributed by atoms with Crippen molar-refractivity contribution in [2.45, 2.75) is 118 Å². The molecule has 0 amide bonds. The van der Waals surface area contributed by atoms with Crippen LogP contribution in [0.5, 0.6) is 0 Å². The van der Waals surface area contributed by atoms with E-state index in [0.717, 1.165) is 44.4 Å². The summed E-state index contributed by atoms with van der Waals surface area (Å²) in [6.07, 6.45) is 10.4. The van der Waals surface area contributed by atoms with E-state index in [4.69, 9.17) is 4.74 Å². The number of fused-ring (bicyclic) bond motifs is 1. The summed E-state index contributed by atoms with van der Waals surface area (Å²) >= 11 is 0. The molecule has 0 unspecified atom stereocenters. The highest BCUT2D eigenvalue weighted by atomic mass is 16.5. The summed E-state index contributed by atoms with van der Waals surface area (Å²) in [6.45, 7) is 13.5. The minimum atomic E-state index is -0.299. The fraction of sp³-hybridized carbons (Fsp3) is 0.964. The molecule has 4 heteroatoms. The number of carbonyl (C=O) groups excluding carboxylic acids is 1. The lowest BCUT2D eigenvalue weighted by molar-refractivity contribution is -0.165. The second kappa shape index (κ2) is 10.3. The highest BCUT2D eigenvalue weighted by molar-refractivity contribution is 5.66. The molecule has 2 N–H and O–H groups in total. The van der Waals surface area contributed by atoms with Gasteiger partial charge in [0.25, 0.3) is 0 Å². The Hall–Kier alpha value is -0.610. The third-order valence-corrected chi connectivity index (χ3v) is 10.3. The normalized spacial score (nSPS) is 43.2. The van der Waals surface area contributed by atoms with Gasteiger partial charge in [-0.15, -0.1) is 0 Å². The quantitative estimate of drug-likeness (QED) is 0.446. The molecule has 3 fully saturated rings. The van der Waals surface area contributed by atoms with Crippen LogP contribution in [0.15, 0.2) is 0 Å². The van der Waals surface area contributed by atoms with Gasteiger partial charge in [0, 0.05) is 13.5 Å². The molecule has 0 aromatic heterocycles. The van der Waals surface area contributed by atoms with Gasteiger partial charge in [0.15, 0.2) is 0 Å². The van der Waals surface area contributed by atoms with Crippen molar-refractivity contribution in [1.29, 1.82) is 0 Å². The van der Waals surface area contributed by atoms with Gasteiger partial charge in [0.2, 0.25) is 0 Å². The topological polar surface area (TPSA) is 66.8 Å². The number of ether oxygens (including phenoxy) is 1. The number of rotatable bonds is 8. The van der Waals surface area contributed by atoms with E-state index in [0.29, 0.717) is 29.6 Å². The van der Waals surface area contributed by atoms with E-state index in [9.17, 15) is 15.0 Å². The number of aliphatic hydroxyl groups excluding tert-OH is 2. The second-order valence-corrected chi connectivity index (χ2v) is 12.6. The molecule has 186 valence electrons. The smallest absolute Gasteiger partial charge is 0.302 e. The highest BCUT2D eigenvalue weighted by Gasteiger charge is 2.57. The molecule has 32 heavy (non-hydrogen) atoms. The molecule has 0 aliphatic heterocycles. The summed E-state index contributed by atoms with van der Waals surface area (Å²) in [5.41, 5.74) is 0.0238. The standard InChI is InChI=1S/C28H50O4/c1-18(2)7-8-19(3)24-11-12-25(28(24,6)15-16-29)23-10-9-21-17-22(32-20(4)30)13-14-27(21,5)26(23)31/h18-19,21-26,29,31H,7-17H2,1-6H3/t19-,21+,22+,23+,24-,25+,26+,27+,28-/m1/s1. The van der Waals surface area contributed by atoms with Gasteiger partial charge < -0.3 is 14.9 Å². The predicted molar refractivity (Wildman–Crippen MR) is 129 cm³/mol. The molecule has 3 rings (SSSR count). The zero-order valence-electron chi connectivity index (χ0n) is 21.6. The van der Waals surface area contributed by atoms with Crippen LogP contribution in [0.25, 0.3) is 0 Å². The van der Waals surface area contributed by atoms with Crippen molar-refractivity contribution in [2.75, 3.05) is 6.61 Å². The second-order valence-electron chi connectivity index (χ2n) is 12.6. The molecule has 4 nitrogen and oxygen atoms in total. The van der Waals surface area contributed by atoms with Crippen molar-refractivity contribution in [3.05, 3.63) is 0 Å². The molecule has 0 aromatic carbocycles. The fourth-order valence-corrected chi connectivity index (χ4v) is 8.36. The zero-order valence-corrected chi connectivity index (χ0v) is 21.6. The number of esters is 1. The average molecular weight is 451 g/mol. The van der Waals surface area contributed by atoms with E-state index >= 15 is 0 Å². The summed E-state index contributed by atoms with van der Waals surface area (Å²) in [4.78, 5) is 11.5. The first-order valence-corrected chi connectivity index (χ1v) is 13.5. The Morgan fingerprint density at radius 1 is 1.06 bits per heavy atom. The van der Waals surface area contributed by atoms with E-state index in [1.165, 1.54) is 32.6 Å². The highest BCUT2D eigenvalue weighted by Crippen LogP contribution is 2.62. The van der Waals surface area contributed by atoms with E-state index in [2.05, 4.69) is 34.6 Å². The van der Waals surface area contributed by atoms with Crippen molar-refractivity contribution in [1.82, 2.24) is 0 Å². The predicted octanol–water partition coefficient (Wildman–Crippen LogP) is 5.98. The number of aliphatic hydroxyl groups is 2. The molecule has 3 aliphatic rings. The minimum absolute atomic E-state index is 0.0200. The monoisotopic (exact) mass is 450 g/mol. The minimum Gasteiger partial charge on any atom is -0.463 e. The molecule has 0 saturated heterocycles. The molecular weight excluding hydrogens is 400 g/mol. The summed E-state index contributed by atoms with van der Waals surface area (Å²) in [5, 5.41) is 21.8. The van der Waals surface area contributed by atoms with E-state index in [-0.39, 0.29) is 35.6 Å². The molecule has 0 spiro atoms. The molecule has 0 bridgehead atoms. The van der Waals surface area contributed by atoms with Crippen LogP contribution in [-0.2, 0) is 9.53 Å². The SMILES string of the molecule is CC(=O)O[C@H]1CC[C@@]2(C)[C@@H](CC[C@@H]([C@@H]3CC[C@H]([C@H](C)CCC(C)C)[C@@]3(C)CCO)[C@@H]2O)C1. The Bertz CT molecular complexity index is 633. The molecule has 3 aliphatic carbocycles. The summed E-state index contributed by atoms with van der Waals surface area (Å²) in [6, 6.07) is 0. The van der Waals surface area contributed by atoms with Crippen molar-refractivity contribution in [3.8, 4) is 0 Å². The summed E-state index contributed by atoms with van der Waals surface area (Å²) in [5.74, 6) is 3.09. The third kappa shape index (κ3) is 5.06. The van der Waals surface area contributed by atoms with Crippen molar-refractivity contribution in [2.24, 2.45) is 46.3 Å². The largest absolute Gasteiger partial charge is 0.463 e. The van der Waals surface area contributed by atoms with Gasteiger partial charge >= 0.3 is 5.97 Å². The first kappa shape index (κ1) is 26.0. The lowest BCUT2D eigenvalue weighted by atomic mass is 9.51. The number of hydrogen-bond acceptors (Lipinski definition) is 4. The van der Waals surface area contributed by atoms with Crippen molar-refractivity contribution >= 4 is 5.97 Å². The van der Waals surface area contributed by atoms with Crippen molar-refractivity contribution in [3.63, 3.8) is 0 Å². The van der Waals surface area contributed by atoms with Gasteiger partial charge in [-0.1, -0.05) is 47.5 Å². The van der Waals surface area contributed by atoms with Crippen LogP contribution in [0.4, 0.5) is 0 Å². The maximum absolute atomic E-state index is 11.8. The van der Waals surface area contributed by atoms with Crippen LogP contribution in [-0.4, -0.2) is 35.0 Å². The first-order chi connectivity index (χ1) is 15.0.